The molecule has 6 heteroatoms. The maximum atomic E-state index is 14.0. The van der Waals surface area contributed by atoms with Crippen LogP contribution in [0.5, 0.6) is 5.75 Å². The van der Waals surface area contributed by atoms with E-state index in [1.54, 1.807) is 24.3 Å². The molecule has 0 N–H and O–H groups in total. The molecule has 1 aliphatic rings. The summed E-state index contributed by atoms with van der Waals surface area (Å²) in [5, 5.41) is 8.97. The molecule has 5 nitrogen and oxygen atoms in total. The lowest BCUT2D eigenvalue weighted by Gasteiger charge is -2.41. The number of hydrogen-bond donors (Lipinski definition) is 0. The first-order valence-corrected chi connectivity index (χ1v) is 9.21. The Labute approximate surface area is 165 Å². The minimum atomic E-state index is -0.557. The summed E-state index contributed by atoms with van der Waals surface area (Å²) in [5.41, 5.74) is 1.61. The van der Waals surface area contributed by atoms with Crippen LogP contribution in [-0.2, 0) is 16.1 Å². The number of aldehydes is 1. The van der Waals surface area contributed by atoms with Gasteiger partial charge in [-0.15, -0.1) is 0 Å². The van der Waals surface area contributed by atoms with Gasteiger partial charge in [0.15, 0.2) is 11.6 Å². The van der Waals surface area contributed by atoms with Gasteiger partial charge in [0, 0.05) is 18.8 Å². The number of carbonyl (C=O) groups is 1. The first kappa shape index (κ1) is 21.4. The van der Waals surface area contributed by atoms with Crippen LogP contribution >= 0.6 is 0 Å². The number of halogens is 1. The fourth-order valence-corrected chi connectivity index (χ4v) is 2.95. The van der Waals surface area contributed by atoms with Crippen molar-refractivity contribution in [3.8, 4) is 11.8 Å². The summed E-state index contributed by atoms with van der Waals surface area (Å²) in [4.78, 5) is 13.5. The molecule has 1 saturated heterocycles. The molecule has 28 heavy (non-hydrogen) atoms. The molecule has 2 aromatic carbocycles. The lowest BCUT2D eigenvalue weighted by molar-refractivity contribution is -0.144. The molecule has 3 rings (SSSR count). The standard InChI is InChI=1S/C20H19FN2O3.C2H6/c1-25-19-7-4-16(8-18(19)21)10-23(11-20(12-24)13-26-14-20)17-5-2-15(9-22)3-6-17;1-2/h2-8,12H,10-11,13-14H2,1H3;1-2H3. The van der Waals surface area contributed by atoms with Crippen LogP contribution in [0.3, 0.4) is 0 Å². The van der Waals surface area contributed by atoms with E-state index in [9.17, 15) is 9.18 Å². The van der Waals surface area contributed by atoms with Crippen molar-refractivity contribution in [2.75, 3.05) is 31.8 Å². The van der Waals surface area contributed by atoms with Crippen molar-refractivity contribution in [1.82, 2.24) is 0 Å². The van der Waals surface area contributed by atoms with Crippen molar-refractivity contribution in [2.45, 2.75) is 20.4 Å². The molecule has 0 atom stereocenters. The van der Waals surface area contributed by atoms with Gasteiger partial charge >= 0.3 is 0 Å². The van der Waals surface area contributed by atoms with Crippen LogP contribution < -0.4 is 9.64 Å². The van der Waals surface area contributed by atoms with E-state index >= 15 is 0 Å². The number of ether oxygens (including phenoxy) is 2. The third kappa shape index (κ3) is 4.87. The Morgan fingerprint density at radius 3 is 2.39 bits per heavy atom. The molecule has 148 valence electrons. The molecule has 0 saturated carbocycles. The molecule has 0 unspecified atom stereocenters. The van der Waals surface area contributed by atoms with E-state index in [2.05, 4.69) is 6.07 Å². The number of benzene rings is 2. The largest absolute Gasteiger partial charge is 0.494 e. The van der Waals surface area contributed by atoms with E-state index in [1.807, 2.05) is 30.9 Å². The second-order valence-electron chi connectivity index (χ2n) is 6.46. The van der Waals surface area contributed by atoms with E-state index in [1.165, 1.54) is 13.2 Å². The third-order valence-electron chi connectivity index (χ3n) is 4.49. The number of anilines is 1. The monoisotopic (exact) mass is 384 g/mol. The quantitative estimate of drug-likeness (QED) is 0.677. The maximum absolute atomic E-state index is 14.0. The first-order valence-electron chi connectivity index (χ1n) is 9.21. The minimum Gasteiger partial charge on any atom is -0.494 e. The van der Waals surface area contributed by atoms with Gasteiger partial charge in [-0.1, -0.05) is 19.9 Å². The number of hydrogen-bond acceptors (Lipinski definition) is 5. The van der Waals surface area contributed by atoms with Crippen molar-refractivity contribution in [2.24, 2.45) is 5.41 Å². The average molecular weight is 384 g/mol. The Bertz CT molecular complexity index is 827. The van der Waals surface area contributed by atoms with E-state index in [0.717, 1.165) is 17.5 Å². The molecule has 0 spiro atoms. The number of rotatable bonds is 7. The Morgan fingerprint density at radius 1 is 1.25 bits per heavy atom. The molecule has 0 radical (unpaired) electrons. The summed E-state index contributed by atoms with van der Waals surface area (Å²) < 4.78 is 24.2. The zero-order valence-electron chi connectivity index (χ0n) is 16.4. The predicted molar refractivity (Wildman–Crippen MR) is 106 cm³/mol. The Hall–Kier alpha value is -2.91. The molecular weight excluding hydrogens is 359 g/mol. The lowest BCUT2D eigenvalue weighted by atomic mass is 9.87. The second kappa shape index (κ2) is 9.86. The van der Waals surface area contributed by atoms with E-state index in [0.29, 0.717) is 31.9 Å². The minimum absolute atomic E-state index is 0.190. The van der Waals surface area contributed by atoms with Crippen LogP contribution in [0.1, 0.15) is 25.0 Å². The van der Waals surface area contributed by atoms with Gasteiger partial charge in [-0.3, -0.25) is 0 Å². The molecule has 1 fully saturated rings. The number of carbonyl (C=O) groups excluding carboxylic acids is 1. The summed E-state index contributed by atoms with van der Waals surface area (Å²) >= 11 is 0. The molecule has 1 heterocycles. The summed E-state index contributed by atoms with van der Waals surface area (Å²) in [7, 11) is 1.42. The van der Waals surface area contributed by atoms with Crippen molar-refractivity contribution in [3.05, 3.63) is 59.4 Å². The Kier molecular flexibility index (Phi) is 7.53. The van der Waals surface area contributed by atoms with Crippen LogP contribution in [0, 0.1) is 22.6 Å². The van der Waals surface area contributed by atoms with Crippen LogP contribution in [-0.4, -0.2) is 33.2 Å². The molecule has 1 aliphatic heterocycles. The van der Waals surface area contributed by atoms with Gasteiger partial charge in [-0.25, -0.2) is 4.39 Å². The van der Waals surface area contributed by atoms with Gasteiger partial charge < -0.3 is 19.2 Å². The number of nitriles is 1. The highest BCUT2D eigenvalue weighted by Gasteiger charge is 2.40. The highest BCUT2D eigenvalue weighted by molar-refractivity contribution is 5.63. The van der Waals surface area contributed by atoms with E-state index in [4.69, 9.17) is 14.7 Å². The number of nitrogens with zero attached hydrogens (tertiary/aromatic N) is 2. The molecule has 0 aliphatic carbocycles. The topological polar surface area (TPSA) is 62.6 Å². The van der Waals surface area contributed by atoms with Crippen LogP contribution in [0.25, 0.3) is 0 Å². The Balaban J connectivity index is 0.00000136. The Morgan fingerprint density at radius 2 is 1.93 bits per heavy atom. The lowest BCUT2D eigenvalue weighted by Crippen LogP contribution is -2.52. The summed E-state index contributed by atoms with van der Waals surface area (Å²) in [5.74, 6) is -0.239. The SMILES string of the molecule is CC.COc1ccc(CN(CC2(C=O)COC2)c2ccc(C#N)cc2)cc1F. The van der Waals surface area contributed by atoms with E-state index in [-0.39, 0.29) is 5.75 Å². The summed E-state index contributed by atoms with van der Waals surface area (Å²) in [6, 6.07) is 14.0. The molecule has 2 aromatic rings. The predicted octanol–water partition coefficient (Wildman–Crippen LogP) is 3.95. The van der Waals surface area contributed by atoms with Crippen molar-refractivity contribution in [1.29, 1.82) is 5.26 Å². The molecule has 0 amide bonds. The fraction of sp³-hybridized carbons (Fsp3) is 0.364. The van der Waals surface area contributed by atoms with Gasteiger partial charge in [-0.2, -0.15) is 5.26 Å². The van der Waals surface area contributed by atoms with Gasteiger partial charge in [0.25, 0.3) is 0 Å². The van der Waals surface area contributed by atoms with Crippen molar-refractivity contribution < 1.29 is 18.7 Å². The van der Waals surface area contributed by atoms with Crippen LogP contribution in [0.2, 0.25) is 0 Å². The zero-order chi connectivity index (χ0) is 20.6. The van der Waals surface area contributed by atoms with Gasteiger partial charge in [-0.05, 0) is 42.0 Å². The zero-order valence-corrected chi connectivity index (χ0v) is 16.4. The second-order valence-corrected chi connectivity index (χ2v) is 6.46. The summed E-state index contributed by atoms with van der Waals surface area (Å²) in [6.45, 7) is 5.62. The normalized spacial score (nSPS) is 14.0. The number of methoxy groups -OCH3 is 1. The van der Waals surface area contributed by atoms with Crippen molar-refractivity contribution in [3.63, 3.8) is 0 Å². The first-order chi connectivity index (χ1) is 13.6. The molecule has 0 bridgehead atoms. The molecule has 0 aromatic heterocycles. The summed E-state index contributed by atoms with van der Waals surface area (Å²) in [6.07, 6.45) is 0.932. The third-order valence-corrected chi connectivity index (χ3v) is 4.49. The highest BCUT2D eigenvalue weighted by atomic mass is 19.1. The van der Waals surface area contributed by atoms with Gasteiger partial charge in [0.2, 0.25) is 0 Å². The van der Waals surface area contributed by atoms with E-state index < -0.39 is 11.2 Å². The fourth-order valence-electron chi connectivity index (χ4n) is 2.95. The van der Waals surface area contributed by atoms with Crippen LogP contribution in [0.15, 0.2) is 42.5 Å². The van der Waals surface area contributed by atoms with Crippen molar-refractivity contribution >= 4 is 12.0 Å². The maximum Gasteiger partial charge on any atom is 0.165 e. The van der Waals surface area contributed by atoms with Crippen LogP contribution in [0.4, 0.5) is 10.1 Å². The van der Waals surface area contributed by atoms with Gasteiger partial charge in [0.05, 0.1) is 37.4 Å². The molecular formula is C22H25FN2O3. The smallest absolute Gasteiger partial charge is 0.165 e. The highest BCUT2D eigenvalue weighted by Crippen LogP contribution is 2.30. The van der Waals surface area contributed by atoms with Gasteiger partial charge in [0.1, 0.15) is 6.29 Å². The average Bonchev–Trinajstić information content (AvgIpc) is 2.71.